The van der Waals surface area contributed by atoms with Crippen molar-refractivity contribution in [3.8, 4) is 0 Å². The quantitative estimate of drug-likeness (QED) is 0.847. The maximum Gasteiger partial charge on any atom is 0.406 e. The van der Waals surface area contributed by atoms with Gasteiger partial charge in [0.15, 0.2) is 0 Å². The van der Waals surface area contributed by atoms with Crippen LogP contribution in [-0.4, -0.2) is 41.7 Å². The average Bonchev–Trinajstić information content (AvgIpc) is 2.56. The van der Waals surface area contributed by atoms with Crippen LogP contribution < -0.4 is 0 Å². The van der Waals surface area contributed by atoms with Crippen molar-refractivity contribution in [2.24, 2.45) is 17.8 Å². The number of carbonyl (C=O) groups is 2. The first-order valence-corrected chi connectivity index (χ1v) is 5.66. The van der Waals surface area contributed by atoms with E-state index >= 15 is 0 Å². The van der Waals surface area contributed by atoms with Crippen molar-refractivity contribution in [1.82, 2.24) is 4.90 Å². The first-order chi connectivity index (χ1) is 8.11. The summed E-state index contributed by atoms with van der Waals surface area (Å²) in [6, 6.07) is 0. The molecule has 1 aliphatic carbocycles. The lowest BCUT2D eigenvalue weighted by Gasteiger charge is -2.24. The van der Waals surface area contributed by atoms with Gasteiger partial charge in [0.2, 0.25) is 5.91 Å². The standard InChI is InChI=1S/C11H16F3NO3/c1-6-3-7(8(4-6)10(17)18)9(16)15(2)5-11(12,13)14/h6-8H,3-5H2,1-2H3,(H,17,18)/t6?,7-,8+/m0/s1. The number of hydrogen-bond donors (Lipinski definition) is 1. The Balaban J connectivity index is 2.73. The maximum absolute atomic E-state index is 12.2. The van der Waals surface area contributed by atoms with E-state index in [0.29, 0.717) is 17.7 Å². The number of nitrogens with zero attached hydrogens (tertiary/aromatic N) is 1. The Hall–Kier alpha value is -1.27. The summed E-state index contributed by atoms with van der Waals surface area (Å²) in [7, 11) is 1.05. The second-order valence-electron chi connectivity index (χ2n) is 4.94. The smallest absolute Gasteiger partial charge is 0.406 e. The molecule has 1 fully saturated rings. The predicted octanol–water partition coefficient (Wildman–Crippen LogP) is 1.75. The van der Waals surface area contributed by atoms with Crippen LogP contribution in [0.4, 0.5) is 13.2 Å². The molecule has 1 aliphatic rings. The molecule has 0 bridgehead atoms. The summed E-state index contributed by atoms with van der Waals surface area (Å²) < 4.78 is 36.5. The summed E-state index contributed by atoms with van der Waals surface area (Å²) in [4.78, 5) is 23.4. The number of aliphatic carboxylic acids is 1. The third-order valence-electron chi connectivity index (χ3n) is 3.23. The Morgan fingerprint density at radius 1 is 1.28 bits per heavy atom. The molecule has 104 valence electrons. The van der Waals surface area contributed by atoms with Crippen molar-refractivity contribution in [3.05, 3.63) is 0 Å². The highest BCUT2D eigenvalue weighted by Crippen LogP contribution is 2.37. The van der Waals surface area contributed by atoms with Crippen molar-refractivity contribution >= 4 is 11.9 Å². The highest BCUT2D eigenvalue weighted by molar-refractivity contribution is 5.85. The van der Waals surface area contributed by atoms with E-state index in [1.165, 1.54) is 0 Å². The minimum atomic E-state index is -4.46. The van der Waals surface area contributed by atoms with Crippen LogP contribution in [0.15, 0.2) is 0 Å². The van der Waals surface area contributed by atoms with E-state index in [9.17, 15) is 22.8 Å². The van der Waals surface area contributed by atoms with Gasteiger partial charge in [-0.05, 0) is 18.8 Å². The van der Waals surface area contributed by atoms with Crippen molar-refractivity contribution < 1.29 is 27.9 Å². The van der Waals surface area contributed by atoms with E-state index in [1.54, 1.807) is 6.92 Å². The van der Waals surface area contributed by atoms with E-state index in [0.717, 1.165) is 7.05 Å². The zero-order valence-electron chi connectivity index (χ0n) is 10.2. The van der Waals surface area contributed by atoms with Gasteiger partial charge in [0.05, 0.1) is 11.8 Å². The fourth-order valence-electron chi connectivity index (χ4n) is 2.47. The summed E-state index contributed by atoms with van der Waals surface area (Å²) in [5, 5.41) is 8.97. The van der Waals surface area contributed by atoms with Gasteiger partial charge in [0.1, 0.15) is 6.54 Å². The Morgan fingerprint density at radius 2 is 1.78 bits per heavy atom. The second kappa shape index (κ2) is 5.16. The van der Waals surface area contributed by atoms with Crippen LogP contribution in [0.1, 0.15) is 19.8 Å². The number of carboxylic acid groups (broad SMARTS) is 1. The van der Waals surface area contributed by atoms with Crippen molar-refractivity contribution in [2.45, 2.75) is 25.9 Å². The first-order valence-electron chi connectivity index (χ1n) is 5.66. The van der Waals surface area contributed by atoms with Crippen LogP contribution in [0.25, 0.3) is 0 Å². The molecular formula is C11H16F3NO3. The molecule has 0 aromatic carbocycles. The molecule has 1 amide bonds. The monoisotopic (exact) mass is 267 g/mol. The summed E-state index contributed by atoms with van der Waals surface area (Å²) in [6.45, 7) is 0.454. The summed E-state index contributed by atoms with van der Waals surface area (Å²) in [5.41, 5.74) is 0. The van der Waals surface area contributed by atoms with Gasteiger partial charge in [-0.15, -0.1) is 0 Å². The van der Waals surface area contributed by atoms with E-state index < -0.39 is 36.4 Å². The number of carboxylic acids is 1. The van der Waals surface area contributed by atoms with Gasteiger partial charge in [0.25, 0.3) is 0 Å². The fourth-order valence-corrected chi connectivity index (χ4v) is 2.47. The van der Waals surface area contributed by atoms with Crippen molar-refractivity contribution in [1.29, 1.82) is 0 Å². The van der Waals surface area contributed by atoms with E-state index in [1.807, 2.05) is 0 Å². The van der Waals surface area contributed by atoms with Crippen molar-refractivity contribution in [3.63, 3.8) is 0 Å². The van der Waals surface area contributed by atoms with Gasteiger partial charge in [-0.25, -0.2) is 0 Å². The van der Waals surface area contributed by atoms with Crippen LogP contribution in [0.2, 0.25) is 0 Å². The van der Waals surface area contributed by atoms with E-state index in [2.05, 4.69) is 0 Å². The van der Waals surface area contributed by atoms with Gasteiger partial charge in [-0.2, -0.15) is 13.2 Å². The summed E-state index contributed by atoms with van der Waals surface area (Å²) in [5.74, 6) is -3.52. The van der Waals surface area contributed by atoms with Gasteiger partial charge in [-0.1, -0.05) is 6.92 Å². The SMILES string of the molecule is CC1C[C@H](C(=O)N(C)CC(F)(F)F)[C@H](C(=O)O)C1. The van der Waals surface area contributed by atoms with Gasteiger partial charge < -0.3 is 10.0 Å². The highest BCUT2D eigenvalue weighted by Gasteiger charge is 2.43. The molecule has 18 heavy (non-hydrogen) atoms. The van der Waals surface area contributed by atoms with Crippen LogP contribution in [0.3, 0.4) is 0 Å². The normalized spacial score (nSPS) is 28.2. The lowest BCUT2D eigenvalue weighted by atomic mass is 9.95. The first kappa shape index (κ1) is 14.8. The molecule has 0 saturated heterocycles. The van der Waals surface area contributed by atoms with Crippen LogP contribution in [-0.2, 0) is 9.59 Å². The number of halogens is 3. The Kier molecular flexibility index (Phi) is 4.24. The molecule has 1 N–H and O–H groups in total. The lowest BCUT2D eigenvalue weighted by molar-refractivity contribution is -0.163. The molecule has 0 radical (unpaired) electrons. The molecule has 0 aromatic heterocycles. The molecule has 3 atom stereocenters. The van der Waals surface area contributed by atoms with Crippen molar-refractivity contribution in [2.75, 3.05) is 13.6 Å². The number of rotatable bonds is 3. The topological polar surface area (TPSA) is 57.6 Å². The van der Waals surface area contributed by atoms with Gasteiger partial charge in [-0.3, -0.25) is 9.59 Å². The van der Waals surface area contributed by atoms with Gasteiger partial charge in [0, 0.05) is 7.05 Å². The molecule has 0 heterocycles. The molecule has 0 aliphatic heterocycles. The Labute approximate surface area is 103 Å². The molecular weight excluding hydrogens is 251 g/mol. The van der Waals surface area contributed by atoms with Crippen LogP contribution in [0, 0.1) is 17.8 Å². The molecule has 1 rings (SSSR count). The van der Waals surface area contributed by atoms with E-state index in [4.69, 9.17) is 5.11 Å². The third kappa shape index (κ3) is 3.61. The van der Waals surface area contributed by atoms with Crippen LogP contribution >= 0.6 is 0 Å². The minimum absolute atomic E-state index is 0.0411. The second-order valence-corrected chi connectivity index (χ2v) is 4.94. The van der Waals surface area contributed by atoms with Crippen LogP contribution in [0.5, 0.6) is 0 Å². The average molecular weight is 267 g/mol. The number of carbonyl (C=O) groups excluding carboxylic acids is 1. The third-order valence-corrected chi connectivity index (χ3v) is 3.23. The predicted molar refractivity (Wildman–Crippen MR) is 56.7 cm³/mol. The molecule has 1 saturated carbocycles. The number of hydrogen-bond acceptors (Lipinski definition) is 2. The zero-order valence-corrected chi connectivity index (χ0v) is 10.2. The van der Waals surface area contributed by atoms with E-state index in [-0.39, 0.29) is 5.92 Å². The Morgan fingerprint density at radius 3 is 2.22 bits per heavy atom. The maximum atomic E-state index is 12.2. The minimum Gasteiger partial charge on any atom is -0.481 e. The molecule has 0 spiro atoms. The van der Waals surface area contributed by atoms with Gasteiger partial charge >= 0.3 is 12.1 Å². The number of alkyl halides is 3. The molecule has 7 heteroatoms. The molecule has 1 unspecified atom stereocenters. The summed E-state index contributed by atoms with van der Waals surface area (Å²) in [6.07, 6.45) is -3.79. The zero-order chi connectivity index (χ0) is 14.1. The lowest BCUT2D eigenvalue weighted by Crippen LogP contribution is -2.41. The molecule has 0 aromatic rings. The molecule has 4 nitrogen and oxygen atoms in total. The largest absolute Gasteiger partial charge is 0.481 e. The Bertz CT molecular complexity index is 343. The fraction of sp³-hybridized carbons (Fsp3) is 0.818. The highest BCUT2D eigenvalue weighted by atomic mass is 19.4. The summed E-state index contributed by atoms with van der Waals surface area (Å²) >= 11 is 0. The number of amides is 1.